The molecule has 0 aliphatic rings. The molecule has 0 unspecified atom stereocenters. The highest BCUT2D eigenvalue weighted by Crippen LogP contribution is 2.44. The lowest BCUT2D eigenvalue weighted by atomic mass is 9.90. The summed E-state index contributed by atoms with van der Waals surface area (Å²) in [5, 5.41) is 6.65. The van der Waals surface area contributed by atoms with Crippen LogP contribution in [0.25, 0.3) is 109 Å². The van der Waals surface area contributed by atoms with Gasteiger partial charge in [-0.05, 0) is 73.6 Å². The van der Waals surface area contributed by atoms with E-state index in [0.717, 1.165) is 69.7 Å². The van der Waals surface area contributed by atoms with Crippen molar-refractivity contribution in [1.82, 2.24) is 15.0 Å². The first kappa shape index (κ1) is 24.3. The largest absolute Gasteiger partial charge is 0.208 e. The molecular formula is C53H33N3S. The molecule has 0 N–H and O–H groups in total. The zero-order chi connectivity index (χ0) is 46.4. The number of aromatic nitrogens is 3. The average Bonchev–Trinajstić information content (AvgIpc) is 3.75. The predicted molar refractivity (Wildman–Crippen MR) is 240 cm³/mol. The lowest BCUT2D eigenvalue weighted by Gasteiger charge is -2.15. The number of rotatable bonds is 6. The molecule has 0 amide bonds. The fraction of sp³-hybridized carbons (Fsp3) is 0. The quantitative estimate of drug-likeness (QED) is 0.170. The topological polar surface area (TPSA) is 38.7 Å². The molecule has 4 heteroatoms. The van der Waals surface area contributed by atoms with Crippen LogP contribution in [0.2, 0.25) is 0 Å². The third-order valence-electron chi connectivity index (χ3n) is 10.3. The molecule has 2 heterocycles. The Labute approximate surface area is 348 Å². The lowest BCUT2D eigenvalue weighted by molar-refractivity contribution is 1.07. The highest BCUT2D eigenvalue weighted by molar-refractivity contribution is 7.26. The average molecular weight is 754 g/mol. The van der Waals surface area contributed by atoms with Crippen molar-refractivity contribution in [3.63, 3.8) is 0 Å². The predicted octanol–water partition coefficient (Wildman–Crippen LogP) is 14.5. The van der Waals surface area contributed by atoms with E-state index in [1.54, 1.807) is 11.3 Å². The van der Waals surface area contributed by atoms with E-state index in [-0.39, 0.29) is 28.6 Å². The van der Waals surface area contributed by atoms with E-state index >= 15 is 0 Å². The Hall–Kier alpha value is -7.27. The highest BCUT2D eigenvalue weighted by Gasteiger charge is 2.18. The summed E-state index contributed by atoms with van der Waals surface area (Å²) >= 11 is 1.71. The summed E-state index contributed by atoms with van der Waals surface area (Å²) in [6, 6.07) is 41.9. The molecule has 0 saturated carbocycles. The molecule has 9 aromatic carbocycles. The van der Waals surface area contributed by atoms with Crippen molar-refractivity contribution in [1.29, 1.82) is 0 Å². The van der Waals surface area contributed by atoms with E-state index < -0.39 is 60.4 Å². The maximum Gasteiger partial charge on any atom is 0.164 e. The van der Waals surface area contributed by atoms with Gasteiger partial charge in [0, 0.05) is 42.4 Å². The summed E-state index contributed by atoms with van der Waals surface area (Å²) in [5.74, 6) is -0.651. The molecule has 11 aromatic rings. The normalized spacial score (nSPS) is 14.0. The van der Waals surface area contributed by atoms with Crippen LogP contribution in [-0.4, -0.2) is 15.0 Å². The van der Waals surface area contributed by atoms with Gasteiger partial charge in [-0.2, -0.15) is 0 Å². The van der Waals surface area contributed by atoms with E-state index in [0.29, 0.717) is 5.56 Å². The fourth-order valence-electron chi connectivity index (χ4n) is 7.63. The number of thiophene rings is 1. The Morgan fingerprint density at radius 3 is 1.61 bits per heavy atom. The van der Waals surface area contributed by atoms with Gasteiger partial charge in [-0.1, -0.05) is 176 Å². The second-order valence-corrected chi connectivity index (χ2v) is 14.7. The monoisotopic (exact) mass is 753 g/mol. The van der Waals surface area contributed by atoms with Crippen molar-refractivity contribution in [3.8, 4) is 67.5 Å². The number of nitrogens with zero attached hydrogens (tertiary/aromatic N) is 3. The molecule has 0 fully saturated rings. The lowest BCUT2D eigenvalue weighted by Crippen LogP contribution is -2.00. The van der Waals surface area contributed by atoms with Gasteiger partial charge in [0.25, 0.3) is 0 Å². The van der Waals surface area contributed by atoms with Crippen LogP contribution in [0.15, 0.2) is 200 Å². The van der Waals surface area contributed by atoms with E-state index in [4.69, 9.17) is 23.7 Å². The van der Waals surface area contributed by atoms with Crippen LogP contribution in [0.1, 0.15) is 13.7 Å². The standard InChI is InChI=1S/C53H33N3S/c1-3-14-35(15-4-1)51-54-52(36-16-5-2-6-17-36)56-53(55-51)41-29-30-44(46-22-12-23-47-45-20-9-10-24-49(45)57-50(46)47)48(33-41)40-28-26-37-31-39(27-25-38(37)32-40)43-21-11-18-34-13-7-8-19-42(34)43/h1-33H/i1D,2D,3D,4D,5D,6D,14D,15D,16D,17D. The van der Waals surface area contributed by atoms with Gasteiger partial charge in [-0.25, -0.2) is 15.0 Å². The number of hydrogen-bond acceptors (Lipinski definition) is 4. The molecule has 2 aromatic heterocycles. The molecule has 0 aliphatic carbocycles. The number of benzene rings is 9. The summed E-state index contributed by atoms with van der Waals surface area (Å²) < 4.78 is 87.7. The van der Waals surface area contributed by atoms with Crippen LogP contribution in [0.5, 0.6) is 0 Å². The minimum Gasteiger partial charge on any atom is -0.208 e. The van der Waals surface area contributed by atoms with Crippen LogP contribution >= 0.6 is 11.3 Å². The van der Waals surface area contributed by atoms with Gasteiger partial charge in [0.15, 0.2) is 17.5 Å². The minimum atomic E-state index is -0.607. The molecular weight excluding hydrogens is 711 g/mol. The third-order valence-corrected chi connectivity index (χ3v) is 11.5. The molecule has 57 heavy (non-hydrogen) atoms. The molecule has 11 rings (SSSR count). The summed E-state index contributed by atoms with van der Waals surface area (Å²) in [5.41, 5.74) is 5.64. The molecule has 0 spiro atoms. The zero-order valence-electron chi connectivity index (χ0n) is 40.0. The van der Waals surface area contributed by atoms with Crippen molar-refractivity contribution >= 4 is 53.1 Å². The molecule has 0 bridgehead atoms. The molecule has 3 nitrogen and oxygen atoms in total. The van der Waals surface area contributed by atoms with Crippen molar-refractivity contribution in [2.45, 2.75) is 0 Å². The smallest absolute Gasteiger partial charge is 0.164 e. The summed E-state index contributed by atoms with van der Waals surface area (Å²) in [4.78, 5) is 14.0. The molecule has 0 radical (unpaired) electrons. The zero-order valence-corrected chi connectivity index (χ0v) is 30.8. The van der Waals surface area contributed by atoms with Crippen molar-refractivity contribution in [2.24, 2.45) is 0 Å². The van der Waals surface area contributed by atoms with Crippen LogP contribution < -0.4 is 0 Å². The van der Waals surface area contributed by atoms with Crippen LogP contribution in [0, 0.1) is 0 Å². The second kappa shape index (κ2) is 13.8. The Morgan fingerprint density at radius 1 is 0.351 bits per heavy atom. The third kappa shape index (κ3) is 5.95. The Morgan fingerprint density at radius 2 is 0.895 bits per heavy atom. The van der Waals surface area contributed by atoms with Gasteiger partial charge < -0.3 is 0 Å². The number of fused-ring (bicyclic) bond motifs is 5. The summed E-state index contributed by atoms with van der Waals surface area (Å²) in [6.45, 7) is 0. The van der Waals surface area contributed by atoms with Gasteiger partial charge in [0.1, 0.15) is 0 Å². The minimum absolute atomic E-state index is 0.00740. The van der Waals surface area contributed by atoms with Gasteiger partial charge in [0.2, 0.25) is 0 Å². The summed E-state index contributed by atoms with van der Waals surface area (Å²) in [6.07, 6.45) is 0. The molecule has 0 atom stereocenters. The Kier molecular flexibility index (Phi) is 5.87. The fourth-order valence-corrected chi connectivity index (χ4v) is 8.86. The SMILES string of the molecule is [2H]c1c([2H])c([2H])c(-c2nc(-c3ccc(-c4cccc5c4sc4ccccc45)c(-c4ccc5cc(-c6cccc7ccccc67)ccc5c4)c3)nc(-c3c([2H])c([2H])c([2H])c([2H])c3[2H])n2)c([2H])c1[2H]. The number of hydrogen-bond donors (Lipinski definition) is 0. The van der Waals surface area contributed by atoms with Crippen molar-refractivity contribution < 1.29 is 13.7 Å². The maximum atomic E-state index is 8.81. The van der Waals surface area contributed by atoms with E-state index in [9.17, 15) is 0 Å². The first-order valence-corrected chi connectivity index (χ1v) is 19.2. The van der Waals surface area contributed by atoms with Crippen molar-refractivity contribution in [3.05, 3.63) is 200 Å². The Bertz CT molecular complexity index is 3760. The highest BCUT2D eigenvalue weighted by atomic mass is 32.1. The molecule has 266 valence electrons. The van der Waals surface area contributed by atoms with Gasteiger partial charge in [-0.15, -0.1) is 11.3 Å². The molecule has 0 aliphatic heterocycles. The molecule has 0 saturated heterocycles. The van der Waals surface area contributed by atoms with E-state index in [1.165, 1.54) is 5.39 Å². The van der Waals surface area contributed by atoms with Gasteiger partial charge in [-0.3, -0.25) is 0 Å². The van der Waals surface area contributed by atoms with Crippen LogP contribution in [-0.2, 0) is 0 Å². The van der Waals surface area contributed by atoms with Crippen LogP contribution in [0.4, 0.5) is 0 Å². The first-order valence-electron chi connectivity index (χ1n) is 23.4. The van der Waals surface area contributed by atoms with Gasteiger partial charge in [0.05, 0.1) is 13.7 Å². The summed E-state index contributed by atoms with van der Waals surface area (Å²) in [7, 11) is 0. The van der Waals surface area contributed by atoms with Crippen molar-refractivity contribution in [2.75, 3.05) is 0 Å². The maximum absolute atomic E-state index is 8.81. The van der Waals surface area contributed by atoms with E-state index in [2.05, 4.69) is 102 Å². The van der Waals surface area contributed by atoms with Gasteiger partial charge >= 0.3 is 0 Å². The van der Waals surface area contributed by atoms with E-state index in [1.807, 2.05) is 42.5 Å². The second-order valence-electron chi connectivity index (χ2n) is 13.7. The first-order chi connectivity index (χ1) is 32.4. The Balaban J connectivity index is 1.16. The van der Waals surface area contributed by atoms with Crippen LogP contribution in [0.3, 0.4) is 0 Å².